The van der Waals surface area contributed by atoms with Crippen LogP contribution in [0.15, 0.2) is 53.7 Å². The van der Waals surface area contributed by atoms with Crippen LogP contribution in [-0.2, 0) is 4.79 Å². The van der Waals surface area contributed by atoms with Gasteiger partial charge in [-0.3, -0.25) is 4.79 Å². The summed E-state index contributed by atoms with van der Waals surface area (Å²) in [4.78, 5) is 27.3. The maximum Gasteiger partial charge on any atom is 0.319 e. The van der Waals surface area contributed by atoms with Gasteiger partial charge in [-0.1, -0.05) is 12.1 Å². The number of carbonyl (C=O) groups excluding carboxylic acids is 2. The van der Waals surface area contributed by atoms with Gasteiger partial charge in [0.05, 0.1) is 31.5 Å². The average Bonchev–Trinajstić information content (AvgIpc) is 2.73. The van der Waals surface area contributed by atoms with Crippen molar-refractivity contribution < 1.29 is 19.1 Å². The van der Waals surface area contributed by atoms with E-state index in [-0.39, 0.29) is 11.9 Å². The lowest BCUT2D eigenvalue weighted by Crippen LogP contribution is -2.46. The molecule has 0 bridgehead atoms. The van der Waals surface area contributed by atoms with Gasteiger partial charge in [0.2, 0.25) is 0 Å². The van der Waals surface area contributed by atoms with Gasteiger partial charge in [-0.05, 0) is 36.8 Å². The SMILES string of the molecule is COc1ccc(NC(=O)C2=C(C)NC(=O)N[C@@H]2c2ccc(N(C)C)cc2)c(OC)c1. The van der Waals surface area contributed by atoms with Gasteiger partial charge in [0.15, 0.2) is 0 Å². The van der Waals surface area contributed by atoms with Gasteiger partial charge in [0.1, 0.15) is 11.5 Å². The Kier molecular flexibility index (Phi) is 6.15. The number of carbonyl (C=O) groups is 2. The van der Waals surface area contributed by atoms with Crippen molar-refractivity contribution in [2.75, 3.05) is 38.5 Å². The highest BCUT2D eigenvalue weighted by molar-refractivity contribution is 6.07. The van der Waals surface area contributed by atoms with Crippen molar-refractivity contribution in [3.63, 3.8) is 0 Å². The third kappa shape index (κ3) is 4.32. The van der Waals surface area contributed by atoms with Gasteiger partial charge in [-0.15, -0.1) is 0 Å². The van der Waals surface area contributed by atoms with E-state index in [4.69, 9.17) is 9.47 Å². The molecule has 8 nitrogen and oxygen atoms in total. The topological polar surface area (TPSA) is 91.9 Å². The van der Waals surface area contributed by atoms with Crippen LogP contribution in [0.3, 0.4) is 0 Å². The number of anilines is 2. The minimum Gasteiger partial charge on any atom is -0.497 e. The van der Waals surface area contributed by atoms with Gasteiger partial charge in [-0.25, -0.2) is 4.79 Å². The first-order valence-corrected chi connectivity index (χ1v) is 9.43. The van der Waals surface area contributed by atoms with Crippen LogP contribution >= 0.6 is 0 Å². The number of benzene rings is 2. The van der Waals surface area contributed by atoms with E-state index in [1.54, 1.807) is 32.2 Å². The summed E-state index contributed by atoms with van der Waals surface area (Å²) in [5, 5.41) is 8.40. The summed E-state index contributed by atoms with van der Waals surface area (Å²) in [6, 6.07) is 11.9. The molecule has 3 N–H and O–H groups in total. The molecule has 3 rings (SSSR count). The Bertz CT molecular complexity index is 983. The standard InChI is InChI=1S/C22H26N4O4/c1-13-19(21(27)24-17-11-10-16(29-4)12-18(17)30-5)20(25-22(28)23-13)14-6-8-15(9-7-14)26(2)3/h6-12,20H,1-5H3,(H,24,27)(H2,23,25,28)/t20-/m1/s1. The molecule has 1 atom stereocenters. The van der Waals surface area contributed by atoms with Crippen molar-refractivity contribution in [2.24, 2.45) is 0 Å². The number of methoxy groups -OCH3 is 2. The molecule has 1 heterocycles. The first kappa shape index (κ1) is 21.0. The zero-order valence-corrected chi connectivity index (χ0v) is 17.7. The highest BCUT2D eigenvalue weighted by Crippen LogP contribution is 2.32. The third-order valence-electron chi connectivity index (χ3n) is 4.91. The summed E-state index contributed by atoms with van der Waals surface area (Å²) in [6.07, 6.45) is 0. The summed E-state index contributed by atoms with van der Waals surface area (Å²) in [6.45, 7) is 1.71. The summed E-state index contributed by atoms with van der Waals surface area (Å²) >= 11 is 0. The lowest BCUT2D eigenvalue weighted by Gasteiger charge is -2.29. The number of rotatable bonds is 6. The molecule has 0 radical (unpaired) electrons. The summed E-state index contributed by atoms with van der Waals surface area (Å²) < 4.78 is 10.6. The van der Waals surface area contributed by atoms with Crippen molar-refractivity contribution in [3.05, 3.63) is 59.3 Å². The molecule has 2 aromatic carbocycles. The van der Waals surface area contributed by atoms with Crippen LogP contribution in [-0.4, -0.2) is 40.3 Å². The third-order valence-corrected chi connectivity index (χ3v) is 4.91. The number of hydrogen-bond acceptors (Lipinski definition) is 5. The number of ether oxygens (including phenoxy) is 2. The first-order valence-electron chi connectivity index (χ1n) is 9.43. The van der Waals surface area contributed by atoms with Crippen LogP contribution in [0, 0.1) is 0 Å². The van der Waals surface area contributed by atoms with E-state index >= 15 is 0 Å². The molecule has 1 aliphatic heterocycles. The number of nitrogens with one attached hydrogen (secondary N) is 3. The minimum atomic E-state index is -0.584. The molecule has 8 heteroatoms. The molecule has 0 saturated heterocycles. The summed E-state index contributed by atoms with van der Waals surface area (Å²) in [5.74, 6) is 0.747. The number of urea groups is 1. The average molecular weight is 410 g/mol. The Hall–Kier alpha value is -3.68. The Morgan fingerprint density at radius 1 is 1.07 bits per heavy atom. The van der Waals surface area contributed by atoms with Crippen LogP contribution in [0.1, 0.15) is 18.5 Å². The molecule has 0 aliphatic carbocycles. The first-order chi connectivity index (χ1) is 14.3. The highest BCUT2D eigenvalue weighted by atomic mass is 16.5. The predicted octanol–water partition coefficient (Wildman–Crippen LogP) is 3.04. The fraction of sp³-hybridized carbons (Fsp3) is 0.273. The largest absolute Gasteiger partial charge is 0.497 e. The van der Waals surface area contributed by atoms with E-state index in [9.17, 15) is 9.59 Å². The Morgan fingerprint density at radius 2 is 1.77 bits per heavy atom. The van der Waals surface area contributed by atoms with Gasteiger partial charge < -0.3 is 30.3 Å². The van der Waals surface area contributed by atoms with E-state index in [2.05, 4.69) is 16.0 Å². The lowest BCUT2D eigenvalue weighted by molar-refractivity contribution is -0.113. The van der Waals surface area contributed by atoms with Crippen molar-refractivity contribution in [3.8, 4) is 11.5 Å². The van der Waals surface area contributed by atoms with Crippen LogP contribution in [0.25, 0.3) is 0 Å². The molecule has 2 aromatic rings. The number of allylic oxidation sites excluding steroid dienone is 1. The number of nitrogens with zero attached hydrogens (tertiary/aromatic N) is 1. The summed E-state index contributed by atoms with van der Waals surface area (Å²) in [7, 11) is 6.98. The second-order valence-corrected chi connectivity index (χ2v) is 7.08. The van der Waals surface area contributed by atoms with Crippen LogP contribution < -0.4 is 30.3 Å². The Morgan fingerprint density at radius 3 is 2.37 bits per heavy atom. The fourth-order valence-corrected chi connectivity index (χ4v) is 3.30. The second-order valence-electron chi connectivity index (χ2n) is 7.08. The highest BCUT2D eigenvalue weighted by Gasteiger charge is 2.31. The normalized spacial score (nSPS) is 15.8. The van der Waals surface area contributed by atoms with Crippen LogP contribution in [0.5, 0.6) is 11.5 Å². The quantitative estimate of drug-likeness (QED) is 0.681. The molecule has 0 unspecified atom stereocenters. The maximum absolute atomic E-state index is 13.2. The van der Waals surface area contributed by atoms with Crippen LogP contribution in [0.2, 0.25) is 0 Å². The molecular formula is C22H26N4O4. The zero-order chi connectivity index (χ0) is 21.8. The van der Waals surface area contributed by atoms with Gasteiger partial charge >= 0.3 is 6.03 Å². The van der Waals surface area contributed by atoms with Crippen molar-refractivity contribution in [1.29, 1.82) is 0 Å². The molecule has 0 aromatic heterocycles. The number of amides is 3. The predicted molar refractivity (Wildman–Crippen MR) is 116 cm³/mol. The molecular weight excluding hydrogens is 384 g/mol. The molecule has 158 valence electrons. The lowest BCUT2D eigenvalue weighted by atomic mass is 9.94. The number of hydrogen-bond donors (Lipinski definition) is 3. The van der Waals surface area contributed by atoms with Gasteiger partial charge in [0, 0.05) is 31.5 Å². The van der Waals surface area contributed by atoms with Crippen LogP contribution in [0.4, 0.5) is 16.2 Å². The minimum absolute atomic E-state index is 0.342. The van der Waals surface area contributed by atoms with Gasteiger partial charge in [-0.2, -0.15) is 0 Å². The maximum atomic E-state index is 13.2. The Balaban J connectivity index is 1.93. The van der Waals surface area contributed by atoms with E-state index < -0.39 is 6.04 Å². The van der Waals surface area contributed by atoms with E-state index in [0.29, 0.717) is 28.5 Å². The smallest absolute Gasteiger partial charge is 0.319 e. The molecule has 0 saturated carbocycles. The molecule has 3 amide bonds. The monoisotopic (exact) mass is 410 g/mol. The van der Waals surface area contributed by atoms with E-state index in [0.717, 1.165) is 11.3 Å². The van der Waals surface area contributed by atoms with Gasteiger partial charge in [0.25, 0.3) is 5.91 Å². The zero-order valence-electron chi connectivity index (χ0n) is 17.7. The van der Waals surface area contributed by atoms with Crippen molar-refractivity contribution in [2.45, 2.75) is 13.0 Å². The second kappa shape index (κ2) is 8.77. The van der Waals surface area contributed by atoms with E-state index in [1.807, 2.05) is 43.3 Å². The van der Waals surface area contributed by atoms with E-state index in [1.165, 1.54) is 7.11 Å². The molecule has 0 fully saturated rings. The molecule has 30 heavy (non-hydrogen) atoms. The molecule has 0 spiro atoms. The van der Waals surface area contributed by atoms with Crippen molar-refractivity contribution in [1.82, 2.24) is 10.6 Å². The summed E-state index contributed by atoms with van der Waals surface area (Å²) in [5.41, 5.74) is 3.24. The van der Waals surface area contributed by atoms with Crippen molar-refractivity contribution >= 4 is 23.3 Å². The molecule has 1 aliphatic rings. The Labute approximate surface area is 175 Å². The fourth-order valence-electron chi connectivity index (χ4n) is 3.30.